The van der Waals surface area contributed by atoms with Gasteiger partial charge in [-0.15, -0.1) is 0 Å². The van der Waals surface area contributed by atoms with E-state index >= 15 is 0 Å². The number of hydrogen-bond acceptors (Lipinski definition) is 5. The van der Waals surface area contributed by atoms with E-state index in [0.29, 0.717) is 30.0 Å². The molecular formula is C25H33ClN4O3. The highest BCUT2D eigenvalue weighted by Crippen LogP contribution is 2.26. The molecule has 3 N–H and O–H groups in total. The molecule has 1 heterocycles. The highest BCUT2D eigenvalue weighted by Gasteiger charge is 2.16. The quantitative estimate of drug-likeness (QED) is 0.332. The highest BCUT2D eigenvalue weighted by atomic mass is 35.5. The molecule has 2 aromatic carbocycles. The van der Waals surface area contributed by atoms with Crippen molar-refractivity contribution >= 4 is 23.5 Å². The fraction of sp³-hybridized carbons (Fsp3) is 0.440. The lowest BCUT2D eigenvalue weighted by molar-refractivity contribution is 0.0377. The summed E-state index contributed by atoms with van der Waals surface area (Å²) in [6, 6.07) is 11.4. The largest absolute Gasteiger partial charge is 0.496 e. The van der Waals surface area contributed by atoms with Crippen molar-refractivity contribution in [1.29, 1.82) is 0 Å². The number of ether oxygens (including phenoxy) is 2. The smallest absolute Gasteiger partial charge is 0.258 e. The lowest BCUT2D eigenvalue weighted by Gasteiger charge is -2.26. The second-order valence-corrected chi connectivity index (χ2v) is 8.52. The number of nitrogens with two attached hydrogens (primary N) is 1. The first-order valence-corrected chi connectivity index (χ1v) is 11.7. The molecule has 1 amide bonds. The first-order chi connectivity index (χ1) is 16.0. The number of carbonyl (C=O) groups excluding carboxylic acids is 1. The van der Waals surface area contributed by atoms with Crippen molar-refractivity contribution in [1.82, 2.24) is 10.2 Å². The van der Waals surface area contributed by atoms with Crippen LogP contribution in [0, 0.1) is 6.92 Å². The van der Waals surface area contributed by atoms with Gasteiger partial charge in [-0.3, -0.25) is 20.0 Å². The molecule has 2 aromatic rings. The van der Waals surface area contributed by atoms with Gasteiger partial charge in [0.25, 0.3) is 5.91 Å². The van der Waals surface area contributed by atoms with Gasteiger partial charge in [0, 0.05) is 36.8 Å². The molecule has 3 rings (SSSR count). The van der Waals surface area contributed by atoms with Crippen LogP contribution >= 0.6 is 11.6 Å². The fourth-order valence-electron chi connectivity index (χ4n) is 3.93. The number of benzene rings is 2. The molecule has 1 saturated heterocycles. The zero-order valence-electron chi connectivity index (χ0n) is 19.4. The Morgan fingerprint density at radius 1 is 1.24 bits per heavy atom. The number of aliphatic imine (C=N–C) groups is 1. The minimum atomic E-state index is -0.307. The molecule has 1 aliphatic rings. The number of nitrogens with one attached hydrogen (secondary N) is 1. The Balaban J connectivity index is 1.60. The molecule has 0 atom stereocenters. The third-order valence-corrected chi connectivity index (χ3v) is 6.06. The van der Waals surface area contributed by atoms with E-state index in [-0.39, 0.29) is 11.9 Å². The summed E-state index contributed by atoms with van der Waals surface area (Å²) in [4.78, 5) is 19.6. The van der Waals surface area contributed by atoms with Gasteiger partial charge >= 0.3 is 0 Å². The number of morpholine rings is 1. The van der Waals surface area contributed by atoms with Crippen molar-refractivity contribution in [3.05, 3.63) is 63.7 Å². The predicted octanol–water partition coefficient (Wildman–Crippen LogP) is 3.21. The summed E-state index contributed by atoms with van der Waals surface area (Å²) in [5.74, 6) is 0.638. The third-order valence-electron chi connectivity index (χ3n) is 5.70. The summed E-state index contributed by atoms with van der Waals surface area (Å²) in [7, 11) is 1.66. The van der Waals surface area contributed by atoms with E-state index in [1.807, 2.05) is 19.1 Å². The van der Waals surface area contributed by atoms with Gasteiger partial charge in [0.15, 0.2) is 5.96 Å². The monoisotopic (exact) mass is 472 g/mol. The molecule has 0 bridgehead atoms. The lowest BCUT2D eigenvalue weighted by atomic mass is 9.98. The van der Waals surface area contributed by atoms with Crippen LogP contribution < -0.4 is 15.8 Å². The molecule has 7 nitrogen and oxygen atoms in total. The summed E-state index contributed by atoms with van der Waals surface area (Å²) in [5.41, 5.74) is 9.48. The van der Waals surface area contributed by atoms with Crippen LogP contribution in [0.3, 0.4) is 0 Å². The molecule has 0 aromatic heterocycles. The Morgan fingerprint density at radius 2 is 2.03 bits per heavy atom. The Bertz CT molecular complexity index is 974. The van der Waals surface area contributed by atoms with Crippen LogP contribution in [0.25, 0.3) is 0 Å². The summed E-state index contributed by atoms with van der Waals surface area (Å²) in [6.45, 7) is 6.98. The fourth-order valence-corrected chi connectivity index (χ4v) is 4.20. The Labute approximate surface area is 200 Å². The Kier molecular flexibility index (Phi) is 9.54. The number of guanidine groups is 1. The number of nitrogens with zero attached hydrogens (tertiary/aromatic N) is 2. The van der Waals surface area contributed by atoms with Gasteiger partial charge in [-0.25, -0.2) is 0 Å². The van der Waals surface area contributed by atoms with Crippen molar-refractivity contribution in [3.63, 3.8) is 0 Å². The summed E-state index contributed by atoms with van der Waals surface area (Å²) >= 11 is 6.47. The lowest BCUT2D eigenvalue weighted by Crippen LogP contribution is -2.38. The van der Waals surface area contributed by atoms with Gasteiger partial charge in [0.1, 0.15) is 5.75 Å². The second kappa shape index (κ2) is 12.6. The van der Waals surface area contributed by atoms with Crippen LogP contribution in [0.5, 0.6) is 5.75 Å². The average Bonchev–Trinajstić information content (AvgIpc) is 2.81. The van der Waals surface area contributed by atoms with E-state index in [9.17, 15) is 4.79 Å². The van der Waals surface area contributed by atoms with E-state index < -0.39 is 0 Å². The molecule has 0 radical (unpaired) electrons. The van der Waals surface area contributed by atoms with E-state index in [4.69, 9.17) is 26.8 Å². The van der Waals surface area contributed by atoms with Crippen LogP contribution in [-0.2, 0) is 17.6 Å². The van der Waals surface area contributed by atoms with Crippen molar-refractivity contribution in [2.45, 2.75) is 26.2 Å². The van der Waals surface area contributed by atoms with Crippen LogP contribution in [0.4, 0.5) is 0 Å². The number of aryl methyl sites for hydroxylation is 2. The zero-order valence-corrected chi connectivity index (χ0v) is 20.2. The number of methoxy groups -OCH3 is 1. The topological polar surface area (TPSA) is 89.2 Å². The van der Waals surface area contributed by atoms with E-state index in [0.717, 1.165) is 61.7 Å². The summed E-state index contributed by atoms with van der Waals surface area (Å²) < 4.78 is 10.8. The predicted molar refractivity (Wildman–Crippen MR) is 132 cm³/mol. The van der Waals surface area contributed by atoms with Gasteiger partial charge in [-0.1, -0.05) is 35.4 Å². The minimum absolute atomic E-state index is 0.119. The average molecular weight is 473 g/mol. The Hall–Kier alpha value is -2.61. The van der Waals surface area contributed by atoms with Crippen LogP contribution in [-0.4, -0.2) is 63.3 Å². The standard InChI is InChI=1S/C25H33ClN4O3/c1-18-7-10-23(32-2)19(17-18)8-9-20-21(5-3-6-22(20)26)24(31)29-25(27)28-11-4-12-30-13-15-33-16-14-30/h3,5-7,10,17H,4,8-9,11-16H2,1-2H3,(H3,27,28,29,31). The van der Waals surface area contributed by atoms with E-state index in [1.165, 1.54) is 0 Å². The molecule has 1 aliphatic heterocycles. The second-order valence-electron chi connectivity index (χ2n) is 8.11. The first-order valence-electron chi connectivity index (χ1n) is 11.3. The summed E-state index contributed by atoms with van der Waals surface area (Å²) in [6.07, 6.45) is 2.16. The molecule has 1 fully saturated rings. The van der Waals surface area contributed by atoms with Crippen LogP contribution in [0.15, 0.2) is 41.4 Å². The maximum Gasteiger partial charge on any atom is 0.258 e. The number of halogens is 1. The van der Waals surface area contributed by atoms with Gasteiger partial charge in [-0.2, -0.15) is 0 Å². The molecule has 0 unspecified atom stereocenters. The van der Waals surface area contributed by atoms with Crippen LogP contribution in [0.2, 0.25) is 5.02 Å². The number of amides is 1. The molecule has 178 valence electrons. The maximum absolute atomic E-state index is 12.9. The van der Waals surface area contributed by atoms with Gasteiger partial charge in [-0.05, 0) is 55.5 Å². The van der Waals surface area contributed by atoms with E-state index in [2.05, 4.69) is 21.3 Å². The highest BCUT2D eigenvalue weighted by molar-refractivity contribution is 6.32. The van der Waals surface area contributed by atoms with Gasteiger partial charge in [0.05, 0.1) is 20.3 Å². The van der Waals surface area contributed by atoms with Crippen molar-refractivity contribution in [3.8, 4) is 5.75 Å². The SMILES string of the molecule is COc1ccc(C)cc1CCc1c(Cl)cccc1C(=O)NC(N)=NCCCN1CCOCC1. The third kappa shape index (κ3) is 7.45. The van der Waals surface area contributed by atoms with Gasteiger partial charge in [0.2, 0.25) is 0 Å². The summed E-state index contributed by atoms with van der Waals surface area (Å²) in [5, 5.41) is 3.26. The maximum atomic E-state index is 12.9. The molecule has 0 aliphatic carbocycles. The molecule has 0 saturated carbocycles. The van der Waals surface area contributed by atoms with E-state index in [1.54, 1.807) is 25.3 Å². The zero-order chi connectivity index (χ0) is 23.6. The minimum Gasteiger partial charge on any atom is -0.496 e. The van der Waals surface area contributed by atoms with Crippen molar-refractivity contribution in [2.75, 3.05) is 46.5 Å². The molecule has 33 heavy (non-hydrogen) atoms. The normalized spacial score (nSPS) is 14.8. The van der Waals surface area contributed by atoms with Crippen molar-refractivity contribution < 1.29 is 14.3 Å². The first kappa shape index (κ1) is 25.0. The number of rotatable bonds is 9. The van der Waals surface area contributed by atoms with Crippen molar-refractivity contribution in [2.24, 2.45) is 10.7 Å². The number of carbonyl (C=O) groups is 1. The molecule has 0 spiro atoms. The molecule has 8 heteroatoms. The molecular weight excluding hydrogens is 440 g/mol. The number of hydrogen-bond donors (Lipinski definition) is 2. The Morgan fingerprint density at radius 3 is 2.79 bits per heavy atom. The van der Waals surface area contributed by atoms with Crippen LogP contribution in [0.1, 0.15) is 33.5 Å². The van der Waals surface area contributed by atoms with Gasteiger partial charge < -0.3 is 15.2 Å².